The minimum absolute atomic E-state index is 0.0316. The van der Waals surface area contributed by atoms with E-state index in [1.165, 1.54) is 23.6 Å². The second-order valence-electron chi connectivity index (χ2n) is 3.69. The normalized spacial score (nSPS) is 10.4. The lowest BCUT2D eigenvalue weighted by Gasteiger charge is -2.01. The molecule has 0 fully saturated rings. The standard InChI is InChI=1S/C12H12FN3OS/c1-3-10-7(2)18-12(15-10)16-11(17)8-4-5-14-6-9(8)13/h4-6H,3H2,1-2H3,(H,15,16,17). The van der Waals surface area contributed by atoms with Crippen molar-refractivity contribution in [2.24, 2.45) is 0 Å². The lowest BCUT2D eigenvalue weighted by Crippen LogP contribution is -2.13. The summed E-state index contributed by atoms with van der Waals surface area (Å²) in [6.07, 6.45) is 3.20. The maximum atomic E-state index is 13.4. The van der Waals surface area contributed by atoms with Crippen molar-refractivity contribution in [1.29, 1.82) is 0 Å². The predicted octanol–water partition coefficient (Wildman–Crippen LogP) is 2.80. The predicted molar refractivity (Wildman–Crippen MR) is 68.4 cm³/mol. The van der Waals surface area contributed by atoms with Gasteiger partial charge in [0.1, 0.15) is 0 Å². The molecule has 0 aliphatic rings. The zero-order valence-electron chi connectivity index (χ0n) is 10.0. The minimum Gasteiger partial charge on any atom is -0.298 e. The lowest BCUT2D eigenvalue weighted by molar-refractivity contribution is 0.102. The van der Waals surface area contributed by atoms with E-state index in [1.54, 1.807) is 0 Å². The van der Waals surface area contributed by atoms with Crippen LogP contribution in [0.25, 0.3) is 0 Å². The van der Waals surface area contributed by atoms with Crippen LogP contribution in [0.3, 0.4) is 0 Å². The molecule has 1 amide bonds. The fourth-order valence-corrected chi connectivity index (χ4v) is 2.43. The highest BCUT2D eigenvalue weighted by atomic mass is 32.1. The zero-order valence-corrected chi connectivity index (χ0v) is 10.8. The summed E-state index contributed by atoms with van der Waals surface area (Å²) in [7, 11) is 0. The molecule has 2 rings (SSSR count). The Morgan fingerprint density at radius 3 is 2.94 bits per heavy atom. The van der Waals surface area contributed by atoms with Crippen molar-refractivity contribution in [3.63, 3.8) is 0 Å². The van der Waals surface area contributed by atoms with E-state index in [4.69, 9.17) is 0 Å². The first-order valence-corrected chi connectivity index (χ1v) is 6.30. The van der Waals surface area contributed by atoms with E-state index < -0.39 is 11.7 Å². The van der Waals surface area contributed by atoms with E-state index in [9.17, 15) is 9.18 Å². The molecule has 0 spiro atoms. The van der Waals surface area contributed by atoms with E-state index >= 15 is 0 Å². The number of rotatable bonds is 3. The monoisotopic (exact) mass is 265 g/mol. The summed E-state index contributed by atoms with van der Waals surface area (Å²) >= 11 is 1.39. The highest BCUT2D eigenvalue weighted by Gasteiger charge is 2.14. The quantitative estimate of drug-likeness (QED) is 0.928. The number of nitrogens with one attached hydrogen (secondary N) is 1. The Balaban J connectivity index is 2.19. The van der Waals surface area contributed by atoms with Crippen molar-refractivity contribution in [1.82, 2.24) is 9.97 Å². The van der Waals surface area contributed by atoms with Gasteiger partial charge in [-0.1, -0.05) is 6.92 Å². The Labute approximate surface area is 108 Å². The van der Waals surface area contributed by atoms with E-state index in [2.05, 4.69) is 15.3 Å². The number of thiazole rings is 1. The van der Waals surface area contributed by atoms with E-state index in [0.29, 0.717) is 5.13 Å². The number of amides is 1. The van der Waals surface area contributed by atoms with Crippen LogP contribution in [0.1, 0.15) is 27.9 Å². The molecule has 0 atom stereocenters. The molecule has 0 aromatic carbocycles. The second kappa shape index (κ2) is 5.22. The van der Waals surface area contributed by atoms with Crippen LogP contribution in [-0.4, -0.2) is 15.9 Å². The van der Waals surface area contributed by atoms with Gasteiger partial charge in [-0.15, -0.1) is 11.3 Å². The fourth-order valence-electron chi connectivity index (χ4n) is 1.53. The van der Waals surface area contributed by atoms with Gasteiger partial charge in [0.15, 0.2) is 10.9 Å². The number of hydrogen-bond acceptors (Lipinski definition) is 4. The summed E-state index contributed by atoms with van der Waals surface area (Å²) in [6, 6.07) is 1.34. The molecule has 0 radical (unpaired) electrons. The average Bonchev–Trinajstić information content (AvgIpc) is 2.69. The van der Waals surface area contributed by atoms with Gasteiger partial charge >= 0.3 is 0 Å². The van der Waals surface area contributed by atoms with E-state index in [-0.39, 0.29) is 5.56 Å². The minimum atomic E-state index is -0.640. The molecule has 18 heavy (non-hydrogen) atoms. The maximum absolute atomic E-state index is 13.4. The second-order valence-corrected chi connectivity index (χ2v) is 4.89. The molecule has 2 aromatic heterocycles. The van der Waals surface area contributed by atoms with Gasteiger partial charge in [-0.3, -0.25) is 15.1 Å². The summed E-state index contributed by atoms with van der Waals surface area (Å²) < 4.78 is 13.4. The molecule has 1 N–H and O–H groups in total. The van der Waals surface area contributed by atoms with Gasteiger partial charge in [0.05, 0.1) is 17.5 Å². The third kappa shape index (κ3) is 2.53. The first-order chi connectivity index (χ1) is 8.61. The molecule has 0 bridgehead atoms. The first-order valence-electron chi connectivity index (χ1n) is 5.49. The fraction of sp³-hybridized carbons (Fsp3) is 0.250. The molecule has 4 nitrogen and oxygen atoms in total. The largest absolute Gasteiger partial charge is 0.298 e. The van der Waals surface area contributed by atoms with Crippen molar-refractivity contribution in [2.75, 3.05) is 5.32 Å². The summed E-state index contributed by atoms with van der Waals surface area (Å²) in [6.45, 7) is 3.94. The molecule has 2 aromatic rings. The number of pyridine rings is 1. The maximum Gasteiger partial charge on any atom is 0.260 e. The molecule has 2 heterocycles. The van der Waals surface area contributed by atoms with Crippen LogP contribution in [0, 0.1) is 12.7 Å². The van der Waals surface area contributed by atoms with Gasteiger partial charge < -0.3 is 0 Å². The SMILES string of the molecule is CCc1nc(NC(=O)c2ccncc2F)sc1C. The number of aryl methyl sites for hydroxylation is 2. The first kappa shape index (κ1) is 12.6. The average molecular weight is 265 g/mol. The van der Waals surface area contributed by atoms with Crippen molar-refractivity contribution in [2.45, 2.75) is 20.3 Å². The number of nitrogens with zero attached hydrogens (tertiary/aromatic N) is 2. The van der Waals surface area contributed by atoms with Crippen molar-refractivity contribution < 1.29 is 9.18 Å². The number of carbonyl (C=O) groups excluding carboxylic acids is 1. The van der Waals surface area contributed by atoms with E-state index in [1.807, 2.05) is 13.8 Å². The molecule has 94 valence electrons. The summed E-state index contributed by atoms with van der Waals surface area (Å²) in [5, 5.41) is 3.09. The van der Waals surface area contributed by atoms with Crippen LogP contribution in [-0.2, 0) is 6.42 Å². The van der Waals surface area contributed by atoms with Crippen LogP contribution in [0.4, 0.5) is 9.52 Å². The van der Waals surface area contributed by atoms with Crippen LogP contribution >= 0.6 is 11.3 Å². The summed E-state index contributed by atoms with van der Waals surface area (Å²) in [5.41, 5.74) is 0.918. The molecular weight excluding hydrogens is 253 g/mol. The molecule has 0 saturated carbocycles. The van der Waals surface area contributed by atoms with Gasteiger partial charge in [-0.2, -0.15) is 0 Å². The Hall–Kier alpha value is -1.82. The van der Waals surface area contributed by atoms with Crippen LogP contribution in [0.5, 0.6) is 0 Å². The zero-order chi connectivity index (χ0) is 13.1. The van der Waals surface area contributed by atoms with Gasteiger partial charge in [-0.25, -0.2) is 9.37 Å². The smallest absolute Gasteiger partial charge is 0.260 e. The number of halogens is 1. The third-order valence-corrected chi connectivity index (χ3v) is 3.39. The number of carbonyl (C=O) groups is 1. The van der Waals surface area contributed by atoms with Crippen molar-refractivity contribution in [3.8, 4) is 0 Å². The number of anilines is 1. The highest BCUT2D eigenvalue weighted by Crippen LogP contribution is 2.23. The number of hydrogen-bond donors (Lipinski definition) is 1. The highest BCUT2D eigenvalue weighted by molar-refractivity contribution is 7.15. The van der Waals surface area contributed by atoms with Crippen molar-refractivity contribution in [3.05, 3.63) is 40.4 Å². The molecule has 0 unspecified atom stereocenters. The summed E-state index contributed by atoms with van der Waals surface area (Å²) in [5.74, 6) is -1.15. The van der Waals surface area contributed by atoms with Gasteiger partial charge in [0.2, 0.25) is 0 Å². The molecule has 0 saturated heterocycles. The van der Waals surface area contributed by atoms with Crippen molar-refractivity contribution >= 4 is 22.4 Å². The number of aromatic nitrogens is 2. The van der Waals surface area contributed by atoms with Crippen LogP contribution < -0.4 is 5.32 Å². The molecule has 6 heteroatoms. The summed E-state index contributed by atoms with van der Waals surface area (Å²) in [4.78, 5) is 20.8. The van der Waals surface area contributed by atoms with E-state index in [0.717, 1.165) is 23.2 Å². The van der Waals surface area contributed by atoms with Gasteiger partial charge in [0, 0.05) is 11.1 Å². The van der Waals surface area contributed by atoms with Gasteiger partial charge in [-0.05, 0) is 19.4 Å². The Morgan fingerprint density at radius 1 is 1.56 bits per heavy atom. The Kier molecular flexibility index (Phi) is 3.66. The topological polar surface area (TPSA) is 54.9 Å². The molecule has 0 aliphatic heterocycles. The van der Waals surface area contributed by atoms with Gasteiger partial charge in [0.25, 0.3) is 5.91 Å². The van der Waals surface area contributed by atoms with Crippen LogP contribution in [0.2, 0.25) is 0 Å². The third-order valence-electron chi connectivity index (χ3n) is 2.47. The molecular formula is C12H12FN3OS. The van der Waals surface area contributed by atoms with Crippen LogP contribution in [0.15, 0.2) is 18.5 Å². The molecule has 0 aliphatic carbocycles. The Bertz CT molecular complexity index is 582. The lowest BCUT2D eigenvalue weighted by atomic mass is 10.2. The Morgan fingerprint density at radius 2 is 2.33 bits per heavy atom.